The molecule has 98 valence electrons. The van der Waals surface area contributed by atoms with Gasteiger partial charge in [0.05, 0.1) is 17.2 Å². The van der Waals surface area contributed by atoms with Gasteiger partial charge in [0.15, 0.2) is 0 Å². The van der Waals surface area contributed by atoms with Crippen LogP contribution < -0.4 is 11.3 Å². The highest BCUT2D eigenvalue weighted by Crippen LogP contribution is 2.31. The third-order valence-electron chi connectivity index (χ3n) is 2.54. The Morgan fingerprint density at radius 1 is 1.33 bits per heavy atom. The number of aliphatic imine (C=N–C) groups is 1. The molecule has 1 aromatic rings. The first-order valence-corrected chi connectivity index (χ1v) is 5.33. The van der Waals surface area contributed by atoms with Crippen LogP contribution in [0.15, 0.2) is 23.2 Å². The normalized spacial score (nSPS) is 16.8. The Hall–Kier alpha value is -1.63. The monoisotopic (exact) mass is 261 g/mol. The lowest BCUT2D eigenvalue weighted by Crippen LogP contribution is -2.32. The average Bonchev–Trinajstić information content (AvgIpc) is 3.09. The molecular formula is C11H11F4N3. The summed E-state index contributed by atoms with van der Waals surface area (Å²) in [4.78, 5) is 4.03. The zero-order valence-corrected chi connectivity index (χ0v) is 9.26. The van der Waals surface area contributed by atoms with Crippen LogP contribution in [0.3, 0.4) is 0 Å². The minimum absolute atomic E-state index is 0.0185. The van der Waals surface area contributed by atoms with Crippen LogP contribution in [0.2, 0.25) is 0 Å². The molecule has 0 atom stereocenters. The molecular weight excluding hydrogens is 250 g/mol. The first-order chi connectivity index (χ1) is 8.41. The van der Waals surface area contributed by atoms with Gasteiger partial charge in [0.25, 0.3) is 0 Å². The highest BCUT2D eigenvalue weighted by molar-refractivity contribution is 5.99. The number of amidine groups is 1. The Labute approximate surface area is 101 Å². The minimum atomic E-state index is -4.53. The summed E-state index contributed by atoms with van der Waals surface area (Å²) in [6.45, 7) is 0. The van der Waals surface area contributed by atoms with Gasteiger partial charge in [-0.15, -0.1) is 0 Å². The van der Waals surface area contributed by atoms with Gasteiger partial charge in [-0.05, 0) is 31.0 Å². The van der Waals surface area contributed by atoms with E-state index in [0.29, 0.717) is 12.1 Å². The summed E-state index contributed by atoms with van der Waals surface area (Å²) in [7, 11) is 0. The van der Waals surface area contributed by atoms with E-state index >= 15 is 0 Å². The van der Waals surface area contributed by atoms with Gasteiger partial charge >= 0.3 is 6.18 Å². The average molecular weight is 261 g/mol. The molecule has 1 saturated carbocycles. The van der Waals surface area contributed by atoms with Crippen molar-refractivity contribution >= 4 is 5.84 Å². The number of hydrazine groups is 1. The lowest BCUT2D eigenvalue weighted by molar-refractivity contribution is -0.137. The maximum atomic E-state index is 13.5. The van der Waals surface area contributed by atoms with Crippen molar-refractivity contribution in [2.75, 3.05) is 0 Å². The molecule has 0 heterocycles. The topological polar surface area (TPSA) is 50.4 Å². The van der Waals surface area contributed by atoms with E-state index in [1.54, 1.807) is 0 Å². The molecule has 0 amide bonds. The predicted octanol–water partition coefficient (Wildman–Crippen LogP) is 2.22. The fraction of sp³-hybridized carbons (Fsp3) is 0.364. The maximum absolute atomic E-state index is 13.5. The lowest BCUT2D eigenvalue weighted by Gasteiger charge is -2.11. The van der Waals surface area contributed by atoms with Gasteiger partial charge < -0.3 is 5.43 Å². The van der Waals surface area contributed by atoms with Crippen LogP contribution in [-0.4, -0.2) is 11.9 Å². The number of hydrogen-bond acceptors (Lipinski definition) is 2. The Morgan fingerprint density at radius 3 is 2.50 bits per heavy atom. The number of nitrogens with two attached hydrogens (primary N) is 1. The zero-order valence-electron chi connectivity index (χ0n) is 9.26. The van der Waals surface area contributed by atoms with Gasteiger partial charge in [0.1, 0.15) is 11.7 Å². The van der Waals surface area contributed by atoms with E-state index < -0.39 is 17.6 Å². The van der Waals surface area contributed by atoms with Gasteiger partial charge in [-0.25, -0.2) is 10.2 Å². The van der Waals surface area contributed by atoms with Crippen molar-refractivity contribution in [2.45, 2.75) is 25.1 Å². The highest BCUT2D eigenvalue weighted by Gasteiger charge is 2.32. The second-order valence-corrected chi connectivity index (χ2v) is 4.05. The Bertz CT molecular complexity index is 478. The van der Waals surface area contributed by atoms with Crippen LogP contribution >= 0.6 is 0 Å². The van der Waals surface area contributed by atoms with E-state index in [1.807, 2.05) is 0 Å². The largest absolute Gasteiger partial charge is 0.416 e. The van der Waals surface area contributed by atoms with Gasteiger partial charge in [0, 0.05) is 0 Å². The minimum Gasteiger partial charge on any atom is -0.308 e. The molecule has 0 radical (unpaired) electrons. The molecule has 0 spiro atoms. The fourth-order valence-corrected chi connectivity index (χ4v) is 1.45. The smallest absolute Gasteiger partial charge is 0.308 e. The molecule has 0 aliphatic heterocycles. The van der Waals surface area contributed by atoms with Crippen molar-refractivity contribution in [1.82, 2.24) is 5.43 Å². The van der Waals surface area contributed by atoms with Crippen molar-refractivity contribution in [1.29, 1.82) is 0 Å². The quantitative estimate of drug-likeness (QED) is 0.282. The number of alkyl halides is 3. The number of benzene rings is 1. The summed E-state index contributed by atoms with van der Waals surface area (Å²) in [5.74, 6) is 4.33. The number of nitrogens with zero attached hydrogens (tertiary/aromatic N) is 1. The van der Waals surface area contributed by atoms with E-state index in [9.17, 15) is 17.6 Å². The summed E-state index contributed by atoms with van der Waals surface area (Å²) in [5.41, 5.74) is 0.954. The highest BCUT2D eigenvalue weighted by atomic mass is 19.4. The van der Waals surface area contributed by atoms with Crippen molar-refractivity contribution in [3.8, 4) is 0 Å². The molecule has 1 aliphatic rings. The number of halogens is 4. The van der Waals surface area contributed by atoms with E-state index in [4.69, 9.17) is 5.84 Å². The molecule has 0 unspecified atom stereocenters. The summed E-state index contributed by atoms with van der Waals surface area (Å²) >= 11 is 0. The predicted molar refractivity (Wildman–Crippen MR) is 58.3 cm³/mol. The van der Waals surface area contributed by atoms with Crippen molar-refractivity contribution in [3.05, 3.63) is 35.1 Å². The molecule has 18 heavy (non-hydrogen) atoms. The Balaban J connectivity index is 2.41. The van der Waals surface area contributed by atoms with Crippen molar-refractivity contribution in [3.63, 3.8) is 0 Å². The van der Waals surface area contributed by atoms with Gasteiger partial charge in [-0.3, -0.25) is 4.99 Å². The molecule has 1 aromatic carbocycles. The van der Waals surface area contributed by atoms with E-state index in [-0.39, 0.29) is 17.4 Å². The first kappa shape index (κ1) is 12.8. The molecule has 0 aromatic heterocycles. The standard InChI is InChI=1S/C11H11F4N3/c12-9-4-1-6(11(13,14)15)5-8(9)10(18-16)17-7-2-3-7/h1,4-5,7H,2-3,16H2,(H,17,18). The van der Waals surface area contributed by atoms with E-state index in [0.717, 1.165) is 18.9 Å². The Morgan fingerprint density at radius 2 is 2.00 bits per heavy atom. The molecule has 0 saturated heterocycles. The summed E-state index contributed by atoms with van der Waals surface area (Å²) in [5, 5.41) is 0. The summed E-state index contributed by atoms with van der Waals surface area (Å²) in [6, 6.07) is 2.17. The molecule has 1 fully saturated rings. The number of rotatable bonds is 2. The number of hydrogen-bond donors (Lipinski definition) is 2. The van der Waals surface area contributed by atoms with Crippen LogP contribution in [-0.2, 0) is 6.18 Å². The Kier molecular flexibility index (Phi) is 3.25. The van der Waals surface area contributed by atoms with Crippen LogP contribution in [0.5, 0.6) is 0 Å². The molecule has 1 aliphatic carbocycles. The van der Waals surface area contributed by atoms with Gasteiger partial charge in [-0.2, -0.15) is 13.2 Å². The first-order valence-electron chi connectivity index (χ1n) is 5.33. The van der Waals surface area contributed by atoms with Gasteiger partial charge in [0.2, 0.25) is 0 Å². The van der Waals surface area contributed by atoms with Crippen LogP contribution in [0.4, 0.5) is 17.6 Å². The van der Waals surface area contributed by atoms with Gasteiger partial charge in [-0.1, -0.05) is 0 Å². The van der Waals surface area contributed by atoms with Crippen LogP contribution in [0.25, 0.3) is 0 Å². The molecule has 2 rings (SSSR count). The summed E-state index contributed by atoms with van der Waals surface area (Å²) in [6.07, 6.45) is -2.85. The molecule has 0 bridgehead atoms. The lowest BCUT2D eigenvalue weighted by atomic mass is 10.1. The van der Waals surface area contributed by atoms with E-state index in [2.05, 4.69) is 10.4 Å². The molecule has 3 N–H and O–H groups in total. The van der Waals surface area contributed by atoms with Crippen molar-refractivity contribution in [2.24, 2.45) is 10.8 Å². The van der Waals surface area contributed by atoms with Crippen molar-refractivity contribution < 1.29 is 17.6 Å². The van der Waals surface area contributed by atoms with Crippen LogP contribution in [0.1, 0.15) is 24.0 Å². The molecule has 3 nitrogen and oxygen atoms in total. The second kappa shape index (κ2) is 4.56. The number of nitrogens with one attached hydrogen (secondary N) is 1. The molecule has 7 heteroatoms. The maximum Gasteiger partial charge on any atom is 0.416 e. The third kappa shape index (κ3) is 2.79. The fourth-order valence-electron chi connectivity index (χ4n) is 1.45. The van der Waals surface area contributed by atoms with E-state index in [1.165, 1.54) is 0 Å². The summed E-state index contributed by atoms with van der Waals surface area (Å²) < 4.78 is 51.1. The second-order valence-electron chi connectivity index (χ2n) is 4.05. The van der Waals surface area contributed by atoms with Crippen LogP contribution in [0, 0.1) is 5.82 Å². The zero-order chi connectivity index (χ0) is 13.3. The SMILES string of the molecule is NNC(=NC1CC1)c1cc(C(F)(F)F)ccc1F. The third-order valence-corrected chi connectivity index (χ3v) is 2.54.